The lowest BCUT2D eigenvalue weighted by Gasteiger charge is -2.45. The van der Waals surface area contributed by atoms with Gasteiger partial charge in [-0.15, -0.1) is 5.92 Å². The highest BCUT2D eigenvalue weighted by Gasteiger charge is 2.30. The lowest BCUT2D eigenvalue weighted by molar-refractivity contribution is 0.0970. The number of rotatable bonds is 8. The summed E-state index contributed by atoms with van der Waals surface area (Å²) in [7, 11) is 0. The molecule has 0 spiro atoms. The van der Waals surface area contributed by atoms with Gasteiger partial charge in [-0.05, 0) is 57.6 Å². The van der Waals surface area contributed by atoms with Crippen molar-refractivity contribution < 1.29 is 0 Å². The number of hydrogen-bond donors (Lipinski definition) is 1. The summed E-state index contributed by atoms with van der Waals surface area (Å²) in [6.45, 7) is 19.3. The molecular formula is C24H38N4. The van der Waals surface area contributed by atoms with E-state index in [2.05, 4.69) is 73.0 Å². The average Bonchev–Trinajstić information content (AvgIpc) is 2.61. The molecule has 0 unspecified atom stereocenters. The van der Waals surface area contributed by atoms with Crippen LogP contribution in [0, 0.1) is 17.3 Å². The molecule has 1 saturated heterocycles. The Hall–Kier alpha value is -1.99. The van der Waals surface area contributed by atoms with Crippen molar-refractivity contribution in [3.05, 3.63) is 36.2 Å². The van der Waals surface area contributed by atoms with Crippen molar-refractivity contribution in [1.29, 1.82) is 0 Å². The topological polar surface area (TPSA) is 45.4 Å². The number of allylic oxidation sites excluding steroid dienone is 1. The molecule has 2 N–H and O–H groups in total. The molecular weight excluding hydrogens is 344 g/mol. The van der Waals surface area contributed by atoms with Gasteiger partial charge in [0.2, 0.25) is 0 Å². The fourth-order valence-electron chi connectivity index (χ4n) is 4.19. The van der Waals surface area contributed by atoms with E-state index in [9.17, 15) is 0 Å². The fraction of sp³-hybridized carbons (Fsp3) is 0.625. The zero-order chi connectivity index (χ0) is 20.8. The number of pyridine rings is 1. The van der Waals surface area contributed by atoms with Crippen molar-refractivity contribution in [1.82, 2.24) is 9.88 Å². The van der Waals surface area contributed by atoms with E-state index in [0.29, 0.717) is 0 Å². The van der Waals surface area contributed by atoms with Crippen LogP contribution >= 0.6 is 0 Å². The third-order valence-electron chi connectivity index (χ3n) is 5.82. The van der Waals surface area contributed by atoms with Crippen LogP contribution in [-0.2, 0) is 0 Å². The quantitative estimate of drug-likeness (QED) is 0.676. The van der Waals surface area contributed by atoms with E-state index in [4.69, 9.17) is 5.73 Å². The summed E-state index contributed by atoms with van der Waals surface area (Å²) in [5.41, 5.74) is 8.05. The maximum absolute atomic E-state index is 5.82. The minimum absolute atomic E-state index is 0.218. The molecule has 0 bridgehead atoms. The smallest absolute Gasteiger partial charge is 0.128 e. The Morgan fingerprint density at radius 3 is 2.36 bits per heavy atom. The number of hydrogen-bond acceptors (Lipinski definition) is 4. The van der Waals surface area contributed by atoms with Crippen molar-refractivity contribution in [2.24, 2.45) is 11.1 Å². The molecule has 0 atom stereocenters. The molecule has 1 fully saturated rings. The van der Waals surface area contributed by atoms with Gasteiger partial charge in [-0.2, -0.15) is 0 Å². The molecule has 0 saturated carbocycles. The highest BCUT2D eigenvalue weighted by atomic mass is 15.3. The van der Waals surface area contributed by atoms with Gasteiger partial charge >= 0.3 is 0 Å². The minimum atomic E-state index is 0.218. The zero-order valence-electron chi connectivity index (χ0n) is 18.5. The van der Waals surface area contributed by atoms with Gasteiger partial charge in [0, 0.05) is 49.2 Å². The van der Waals surface area contributed by atoms with Gasteiger partial charge in [-0.25, -0.2) is 4.98 Å². The number of piperazine rings is 1. The predicted octanol–water partition coefficient (Wildman–Crippen LogP) is 4.41. The molecule has 2 rings (SSSR count). The molecule has 1 aromatic rings. The minimum Gasteiger partial charge on any atom is -0.402 e. The van der Waals surface area contributed by atoms with Crippen molar-refractivity contribution in [2.45, 2.75) is 65.8 Å². The van der Waals surface area contributed by atoms with Crippen LogP contribution in [0.2, 0.25) is 0 Å². The van der Waals surface area contributed by atoms with Crippen molar-refractivity contribution in [2.75, 3.05) is 31.1 Å². The first kappa shape index (κ1) is 22.3. The molecule has 28 heavy (non-hydrogen) atoms. The first-order valence-corrected chi connectivity index (χ1v) is 10.4. The second-order valence-electron chi connectivity index (χ2n) is 9.42. The fourth-order valence-corrected chi connectivity index (χ4v) is 4.19. The largest absolute Gasteiger partial charge is 0.402 e. The molecule has 0 aliphatic carbocycles. The molecule has 4 heteroatoms. The number of nitrogens with zero attached hydrogens (tertiary/aromatic N) is 3. The Kier molecular flexibility index (Phi) is 7.55. The molecule has 1 aliphatic rings. The highest BCUT2D eigenvalue weighted by molar-refractivity contribution is 5.43. The lowest BCUT2D eigenvalue weighted by atomic mass is 9.81. The monoisotopic (exact) mass is 382 g/mol. The third kappa shape index (κ3) is 6.56. The summed E-state index contributed by atoms with van der Waals surface area (Å²) in [6, 6.07) is 4.15. The van der Waals surface area contributed by atoms with Gasteiger partial charge in [0.15, 0.2) is 0 Å². The van der Waals surface area contributed by atoms with Crippen molar-refractivity contribution >= 4 is 5.82 Å². The Balaban J connectivity index is 1.83. The van der Waals surface area contributed by atoms with E-state index in [1.165, 1.54) is 19.3 Å². The van der Waals surface area contributed by atoms with Crippen LogP contribution in [0.3, 0.4) is 0 Å². The molecule has 154 valence electrons. The predicted molar refractivity (Wildman–Crippen MR) is 120 cm³/mol. The Morgan fingerprint density at radius 2 is 1.82 bits per heavy atom. The van der Waals surface area contributed by atoms with Crippen LogP contribution in [0.5, 0.6) is 0 Å². The second kappa shape index (κ2) is 9.47. The van der Waals surface area contributed by atoms with Gasteiger partial charge in [-0.1, -0.05) is 32.8 Å². The maximum atomic E-state index is 5.82. The maximum Gasteiger partial charge on any atom is 0.128 e. The summed E-state index contributed by atoms with van der Waals surface area (Å²) < 4.78 is 0. The van der Waals surface area contributed by atoms with Crippen LogP contribution in [0.1, 0.15) is 65.9 Å². The summed E-state index contributed by atoms with van der Waals surface area (Å²) in [6.07, 6.45) is 6.39. The summed E-state index contributed by atoms with van der Waals surface area (Å²) in [4.78, 5) is 9.61. The molecule has 1 aliphatic heterocycles. The van der Waals surface area contributed by atoms with Gasteiger partial charge in [0.05, 0.1) is 0 Å². The van der Waals surface area contributed by atoms with E-state index in [0.717, 1.165) is 49.7 Å². The van der Waals surface area contributed by atoms with E-state index in [-0.39, 0.29) is 11.0 Å². The molecule has 0 aromatic carbocycles. The molecule has 2 heterocycles. The lowest BCUT2D eigenvalue weighted by Crippen LogP contribution is -2.54. The van der Waals surface area contributed by atoms with Gasteiger partial charge in [0.1, 0.15) is 5.82 Å². The Bertz CT molecular complexity index is 698. The second-order valence-corrected chi connectivity index (χ2v) is 9.42. The Morgan fingerprint density at radius 1 is 1.14 bits per heavy atom. The highest BCUT2D eigenvalue weighted by Crippen LogP contribution is 2.32. The summed E-state index contributed by atoms with van der Waals surface area (Å²) >= 11 is 0. The van der Waals surface area contributed by atoms with Gasteiger partial charge < -0.3 is 10.6 Å². The van der Waals surface area contributed by atoms with Gasteiger partial charge in [-0.3, -0.25) is 4.90 Å². The van der Waals surface area contributed by atoms with E-state index in [1.54, 1.807) is 0 Å². The first-order chi connectivity index (χ1) is 13.1. The molecule has 4 nitrogen and oxygen atoms in total. The van der Waals surface area contributed by atoms with Crippen LogP contribution in [0.15, 0.2) is 30.6 Å². The standard InChI is InChI=1S/C24H38N4/c1-7-9-21-10-11-22(26-19-21)27-14-16-28(17-15-27)24(5,6)13-8-12-23(3,4)18-20(2)25/h10-11,19H,2,8,12-18,25H2,1,3-6H3. The van der Waals surface area contributed by atoms with Crippen molar-refractivity contribution in [3.8, 4) is 11.8 Å². The number of aromatic nitrogens is 1. The van der Waals surface area contributed by atoms with Crippen LogP contribution in [0.25, 0.3) is 0 Å². The SMILES string of the molecule is C=C(N)CC(C)(C)CCCC(C)(C)N1CCN(c2ccc(C#CC)cn2)CC1. The molecule has 0 amide bonds. The first-order valence-electron chi connectivity index (χ1n) is 10.4. The molecule has 0 radical (unpaired) electrons. The van der Waals surface area contributed by atoms with Crippen LogP contribution < -0.4 is 10.6 Å². The molecule has 1 aromatic heterocycles. The summed E-state index contributed by atoms with van der Waals surface area (Å²) in [5, 5.41) is 0. The van der Waals surface area contributed by atoms with Crippen LogP contribution in [-0.4, -0.2) is 41.6 Å². The van der Waals surface area contributed by atoms with E-state index in [1.807, 2.05) is 13.1 Å². The van der Waals surface area contributed by atoms with Gasteiger partial charge in [0.25, 0.3) is 0 Å². The third-order valence-corrected chi connectivity index (χ3v) is 5.82. The Labute approximate surface area is 172 Å². The zero-order valence-corrected chi connectivity index (χ0v) is 18.5. The van der Waals surface area contributed by atoms with Crippen molar-refractivity contribution in [3.63, 3.8) is 0 Å². The van der Waals surface area contributed by atoms with E-state index < -0.39 is 0 Å². The normalized spacial score (nSPS) is 15.8. The number of nitrogens with two attached hydrogens (primary N) is 1. The summed E-state index contributed by atoms with van der Waals surface area (Å²) in [5.74, 6) is 7.03. The van der Waals surface area contributed by atoms with Crippen LogP contribution in [0.4, 0.5) is 5.82 Å². The average molecular weight is 383 g/mol. The number of anilines is 1. The van der Waals surface area contributed by atoms with E-state index >= 15 is 0 Å².